The average Bonchev–Trinajstić information content (AvgIpc) is 3.21. The summed E-state index contributed by atoms with van der Waals surface area (Å²) >= 11 is 0. The average molecular weight is 875 g/mol. The molecule has 0 fully saturated rings. The minimum absolute atomic E-state index is 0. The molecule has 6 rings (SSSR count). The zero-order chi connectivity index (χ0) is 37.7. The van der Waals surface area contributed by atoms with Crippen LogP contribution in [0.3, 0.4) is 0 Å². The van der Waals surface area contributed by atoms with Crippen molar-refractivity contribution < 1.29 is 58.0 Å². The van der Waals surface area contributed by atoms with Crippen LogP contribution in [0, 0.1) is 0 Å². The standard InChI is InChI=1S/C22H21O3S.C19H14O2S.C3H8O2.HI/c1-24-16-17-25-22(23)20-14-8-9-15-21(20)26(18-10-4-2-5-11-18)19-12-6-3-7-13-19;20-19(21)17-13-7-8-14-18(17)22(15-9-3-1-4-10-15)16-11-5-2-6-12-16;1-5-3-2-4;/h2-15H,16-17H2,1H3;1-14H;4H,2-3H2,1H3;1H/q+1;;;/p-1. The van der Waals surface area contributed by atoms with Gasteiger partial charge in [0.25, 0.3) is 0 Å². The Labute approximate surface area is 340 Å². The van der Waals surface area contributed by atoms with Crippen molar-refractivity contribution >= 4 is 33.7 Å². The minimum Gasteiger partial charge on any atom is -1.00 e. The monoisotopic (exact) mass is 874 g/mol. The highest BCUT2D eigenvalue weighted by Crippen LogP contribution is 2.34. The van der Waals surface area contributed by atoms with E-state index >= 15 is 0 Å². The molecule has 0 radical (unpaired) electrons. The molecule has 1 N–H and O–H groups in total. The summed E-state index contributed by atoms with van der Waals surface area (Å²) in [5.74, 6) is -1.46. The summed E-state index contributed by atoms with van der Waals surface area (Å²) in [7, 11) is 2.29. The maximum absolute atomic E-state index is 12.6. The van der Waals surface area contributed by atoms with E-state index in [4.69, 9.17) is 14.6 Å². The van der Waals surface area contributed by atoms with E-state index in [-0.39, 0.29) is 59.6 Å². The molecule has 54 heavy (non-hydrogen) atoms. The number of carbonyl (C=O) groups excluding carboxylic acids is 2. The summed E-state index contributed by atoms with van der Waals surface area (Å²) in [6, 6.07) is 55.2. The van der Waals surface area contributed by atoms with Crippen LogP contribution in [0.15, 0.2) is 199 Å². The molecule has 0 bridgehead atoms. The lowest BCUT2D eigenvalue weighted by molar-refractivity contribution is -0.255. The van der Waals surface area contributed by atoms with Crippen LogP contribution in [0.2, 0.25) is 0 Å². The van der Waals surface area contributed by atoms with Gasteiger partial charge in [0.05, 0.1) is 42.2 Å². The van der Waals surface area contributed by atoms with E-state index in [2.05, 4.69) is 29.0 Å². The van der Waals surface area contributed by atoms with Crippen LogP contribution >= 0.6 is 0 Å². The maximum atomic E-state index is 12.6. The number of esters is 1. The molecule has 0 saturated heterocycles. The third-order valence-electron chi connectivity index (χ3n) is 7.39. The van der Waals surface area contributed by atoms with Gasteiger partial charge >= 0.3 is 5.97 Å². The molecular weight excluding hydrogens is 832 g/mol. The summed E-state index contributed by atoms with van der Waals surface area (Å²) in [5, 5.41) is 19.4. The fourth-order valence-corrected chi connectivity index (χ4v) is 9.47. The third kappa shape index (κ3) is 13.2. The topological polar surface area (TPSA) is 105 Å². The second-order valence-electron chi connectivity index (χ2n) is 11.0. The number of aliphatic hydroxyl groups excluding tert-OH is 1. The highest BCUT2D eigenvalue weighted by molar-refractivity contribution is 7.97. The number of ether oxygens (including phenoxy) is 3. The van der Waals surface area contributed by atoms with Gasteiger partial charge in [-0.3, -0.25) is 0 Å². The van der Waals surface area contributed by atoms with Crippen molar-refractivity contribution in [1.82, 2.24) is 0 Å². The first-order chi connectivity index (χ1) is 26.0. The van der Waals surface area contributed by atoms with Gasteiger partial charge in [-0.15, -0.1) is 0 Å². The fourth-order valence-electron chi connectivity index (χ4n) is 5.02. The Bertz CT molecular complexity index is 1870. The summed E-state index contributed by atoms with van der Waals surface area (Å²) in [6.45, 7) is 1.20. The van der Waals surface area contributed by atoms with Gasteiger partial charge in [0.1, 0.15) is 23.1 Å². The van der Waals surface area contributed by atoms with Crippen LogP contribution in [0.4, 0.5) is 0 Å². The van der Waals surface area contributed by atoms with E-state index in [0.717, 1.165) is 29.4 Å². The fraction of sp³-hybridized carbons (Fsp3) is 0.136. The Balaban J connectivity index is 0.000000256. The zero-order valence-corrected chi connectivity index (χ0v) is 33.9. The van der Waals surface area contributed by atoms with Crippen LogP contribution in [-0.4, -0.2) is 57.7 Å². The molecule has 0 aliphatic heterocycles. The van der Waals surface area contributed by atoms with Crippen molar-refractivity contribution in [3.63, 3.8) is 0 Å². The highest BCUT2D eigenvalue weighted by Gasteiger charge is 2.33. The van der Waals surface area contributed by atoms with E-state index in [0.29, 0.717) is 18.8 Å². The van der Waals surface area contributed by atoms with Crippen molar-refractivity contribution in [2.45, 2.75) is 29.4 Å². The number of carboxylic acids is 1. The SMILES string of the molecule is COCCO.COCCOC(=O)c1ccccc1[S+](c1ccccc1)c1ccccc1.O=C([O-])c1ccccc1[S+](c1ccccc1)c1ccccc1.[I-]. The second-order valence-corrected chi connectivity index (χ2v) is 15.0. The molecule has 0 spiro atoms. The number of aromatic carboxylic acids is 1. The van der Waals surface area contributed by atoms with E-state index < -0.39 is 16.9 Å². The molecule has 0 saturated carbocycles. The van der Waals surface area contributed by atoms with Gasteiger partial charge in [0.2, 0.25) is 0 Å². The maximum Gasteiger partial charge on any atom is 0.343 e. The minimum atomic E-state index is -1.14. The molecule has 7 nitrogen and oxygen atoms in total. The predicted molar refractivity (Wildman–Crippen MR) is 208 cm³/mol. The quantitative estimate of drug-likeness (QED) is 0.0797. The van der Waals surface area contributed by atoms with E-state index in [1.165, 1.54) is 0 Å². The number of carbonyl (C=O) groups is 2. The van der Waals surface area contributed by atoms with E-state index in [9.17, 15) is 14.7 Å². The van der Waals surface area contributed by atoms with Gasteiger partial charge in [0, 0.05) is 14.2 Å². The van der Waals surface area contributed by atoms with Crippen molar-refractivity contribution in [2.75, 3.05) is 40.6 Å². The number of carboxylic acid groups (broad SMARTS) is 1. The molecule has 6 aromatic carbocycles. The van der Waals surface area contributed by atoms with Crippen LogP contribution in [0.5, 0.6) is 0 Å². The normalized spacial score (nSPS) is 10.2. The number of hydrogen-bond donors (Lipinski definition) is 1. The first kappa shape index (κ1) is 44.0. The molecule has 0 aliphatic carbocycles. The van der Waals surface area contributed by atoms with Gasteiger partial charge in [-0.25, -0.2) is 4.79 Å². The molecule has 0 unspecified atom stereocenters. The van der Waals surface area contributed by atoms with Gasteiger partial charge in [-0.05, 0) is 72.8 Å². The molecule has 280 valence electrons. The summed E-state index contributed by atoms with van der Waals surface area (Å²) in [5.41, 5.74) is 0.846. The van der Waals surface area contributed by atoms with Gasteiger partial charge in [-0.2, -0.15) is 0 Å². The summed E-state index contributed by atoms with van der Waals surface area (Å²) in [4.78, 5) is 30.4. The van der Waals surface area contributed by atoms with Crippen LogP contribution < -0.4 is 29.1 Å². The molecule has 0 atom stereocenters. The molecule has 0 aliphatic rings. The molecule has 0 heterocycles. The first-order valence-electron chi connectivity index (χ1n) is 16.8. The third-order valence-corrected chi connectivity index (χ3v) is 12.0. The van der Waals surface area contributed by atoms with Gasteiger partial charge in [-0.1, -0.05) is 97.1 Å². The molecular formula is C44H43IO7S2. The zero-order valence-electron chi connectivity index (χ0n) is 30.1. The van der Waals surface area contributed by atoms with Crippen LogP contribution in [0.25, 0.3) is 0 Å². The first-order valence-corrected chi connectivity index (χ1v) is 19.3. The van der Waals surface area contributed by atoms with Crippen LogP contribution in [0.1, 0.15) is 20.7 Å². The lowest BCUT2D eigenvalue weighted by Crippen LogP contribution is -3.00. The lowest BCUT2D eigenvalue weighted by Gasteiger charge is -2.12. The molecule has 0 amide bonds. The second kappa shape index (κ2) is 24.8. The summed E-state index contributed by atoms with van der Waals surface area (Å²) in [6.07, 6.45) is 0. The van der Waals surface area contributed by atoms with Crippen molar-refractivity contribution in [1.29, 1.82) is 0 Å². The van der Waals surface area contributed by atoms with Crippen molar-refractivity contribution in [3.05, 3.63) is 181 Å². The molecule has 10 heteroatoms. The van der Waals surface area contributed by atoms with Crippen molar-refractivity contribution in [3.8, 4) is 0 Å². The lowest BCUT2D eigenvalue weighted by atomic mass is 10.2. The number of aliphatic hydroxyl groups is 1. The molecule has 6 aromatic rings. The van der Waals surface area contributed by atoms with Crippen LogP contribution in [-0.2, 0) is 36.0 Å². The number of benzene rings is 6. The Morgan fingerprint density at radius 1 is 0.500 bits per heavy atom. The highest BCUT2D eigenvalue weighted by atomic mass is 127. The van der Waals surface area contributed by atoms with E-state index in [1.54, 1.807) is 26.4 Å². The van der Waals surface area contributed by atoms with Gasteiger partial charge in [0.15, 0.2) is 29.4 Å². The Morgan fingerprint density at radius 2 is 0.833 bits per heavy atom. The number of methoxy groups -OCH3 is 2. The predicted octanol–water partition coefficient (Wildman–Crippen LogP) is 4.36. The number of halogens is 1. The largest absolute Gasteiger partial charge is 1.00 e. The van der Waals surface area contributed by atoms with Crippen molar-refractivity contribution in [2.24, 2.45) is 0 Å². The van der Waals surface area contributed by atoms with E-state index in [1.807, 2.05) is 133 Å². The number of hydrogen-bond acceptors (Lipinski definition) is 7. The Kier molecular flexibility index (Phi) is 20.2. The smallest absolute Gasteiger partial charge is 0.343 e. The molecule has 0 aromatic heterocycles. The Hall–Kier alpha value is -4.43. The number of rotatable bonds is 13. The summed E-state index contributed by atoms with van der Waals surface area (Å²) < 4.78 is 14.8. The van der Waals surface area contributed by atoms with Gasteiger partial charge < -0.3 is 53.2 Å². The Morgan fingerprint density at radius 3 is 1.17 bits per heavy atom.